The Morgan fingerprint density at radius 1 is 1.33 bits per heavy atom. The number of aryl methyl sites for hydroxylation is 1. The highest BCUT2D eigenvalue weighted by molar-refractivity contribution is 7.91. The van der Waals surface area contributed by atoms with Crippen molar-refractivity contribution in [1.29, 1.82) is 0 Å². The van der Waals surface area contributed by atoms with Gasteiger partial charge in [0.2, 0.25) is 0 Å². The topological polar surface area (TPSA) is 156 Å². The zero-order valence-electron chi connectivity index (χ0n) is 23.7. The summed E-state index contributed by atoms with van der Waals surface area (Å²) < 4.78 is 95.1. The third kappa shape index (κ3) is 8.67. The fraction of sp³-hybridized carbons (Fsp3) is 0.640. The lowest BCUT2D eigenvalue weighted by molar-refractivity contribution is -0.142. The first-order valence-corrected chi connectivity index (χ1v) is 15.4. The number of pyridine rings is 1. The number of carbonyl (C=O) groups excluding carboxylic acids is 1. The highest BCUT2D eigenvalue weighted by atomic mass is 35.5. The van der Waals surface area contributed by atoms with Crippen molar-refractivity contribution in [3.8, 4) is 17.0 Å². The number of carbonyl (C=O) groups is 1. The standard InChI is InChI=1S/C25H33ClF5N5O6S/c1-5-36-20(14-10-32-17(9-15(14)42-22(27)28)34-23(2,3)11-25(29,30)31)18(26)19(35-36)21(38)33-12-24(39)7-6-13(8-16(24)37)43(4,40)41/h9-10,13,16,22,37,39H,5-8,11-12H2,1-4H3,(H,32,34)(H,33,38)/t13?,16-,24-/m0/s1. The first-order chi connectivity index (χ1) is 19.7. The molecule has 2 heterocycles. The number of aromatic nitrogens is 3. The van der Waals surface area contributed by atoms with Crippen molar-refractivity contribution in [2.45, 2.75) is 88.3 Å². The number of aliphatic hydroxyl groups excluding tert-OH is 1. The Balaban J connectivity index is 1.89. The summed E-state index contributed by atoms with van der Waals surface area (Å²) in [5.74, 6) is -1.58. The lowest BCUT2D eigenvalue weighted by Crippen LogP contribution is -2.56. The van der Waals surface area contributed by atoms with E-state index in [1.807, 2.05) is 0 Å². The molecule has 4 N–H and O–H groups in total. The summed E-state index contributed by atoms with van der Waals surface area (Å²) in [6.45, 7) is 0.412. The summed E-state index contributed by atoms with van der Waals surface area (Å²) in [5.41, 5.74) is -3.93. The molecule has 242 valence electrons. The lowest BCUT2D eigenvalue weighted by atomic mass is 9.82. The van der Waals surface area contributed by atoms with Crippen molar-refractivity contribution in [3.05, 3.63) is 23.0 Å². The van der Waals surface area contributed by atoms with Crippen LogP contribution in [0, 0.1) is 0 Å². The summed E-state index contributed by atoms with van der Waals surface area (Å²) in [6, 6.07) is 0.979. The van der Waals surface area contributed by atoms with Gasteiger partial charge in [-0.05, 0) is 40.0 Å². The fourth-order valence-corrected chi connectivity index (χ4v) is 6.32. The summed E-state index contributed by atoms with van der Waals surface area (Å²) in [5, 5.41) is 29.3. The van der Waals surface area contributed by atoms with Gasteiger partial charge in [-0.1, -0.05) is 11.6 Å². The van der Waals surface area contributed by atoms with Gasteiger partial charge in [-0.15, -0.1) is 0 Å². The minimum absolute atomic E-state index is 0.0500. The summed E-state index contributed by atoms with van der Waals surface area (Å²) in [7, 11) is -3.45. The molecule has 0 saturated heterocycles. The van der Waals surface area contributed by atoms with Gasteiger partial charge in [0.1, 0.15) is 27.0 Å². The first kappa shape index (κ1) is 34.7. The number of halogens is 6. The monoisotopic (exact) mass is 661 g/mol. The molecule has 11 nitrogen and oxygen atoms in total. The second kappa shape index (κ2) is 12.7. The van der Waals surface area contributed by atoms with Crippen LogP contribution in [0.1, 0.15) is 56.9 Å². The van der Waals surface area contributed by atoms with Gasteiger partial charge in [-0.25, -0.2) is 13.4 Å². The fourth-order valence-electron chi connectivity index (χ4n) is 4.92. The number of ether oxygens (including phenoxy) is 1. The molecule has 18 heteroatoms. The molecule has 0 bridgehead atoms. The van der Waals surface area contributed by atoms with E-state index >= 15 is 0 Å². The van der Waals surface area contributed by atoms with Crippen LogP contribution in [-0.4, -0.2) is 87.4 Å². The second-order valence-corrected chi connectivity index (χ2v) is 13.8. The molecule has 43 heavy (non-hydrogen) atoms. The number of nitrogens with zero attached hydrogens (tertiary/aromatic N) is 3. The molecule has 2 aromatic rings. The van der Waals surface area contributed by atoms with E-state index in [9.17, 15) is 45.4 Å². The molecule has 1 aliphatic carbocycles. The highest BCUT2D eigenvalue weighted by Gasteiger charge is 2.44. The molecule has 1 amide bonds. The van der Waals surface area contributed by atoms with E-state index in [2.05, 4.69) is 25.5 Å². The Morgan fingerprint density at radius 3 is 2.51 bits per heavy atom. The summed E-state index contributed by atoms with van der Waals surface area (Å²) >= 11 is 6.49. The number of aliphatic hydroxyl groups is 2. The van der Waals surface area contributed by atoms with Gasteiger partial charge in [0.05, 0.1) is 34.1 Å². The second-order valence-electron chi connectivity index (χ2n) is 11.1. The van der Waals surface area contributed by atoms with E-state index in [1.54, 1.807) is 6.92 Å². The predicted molar refractivity (Wildman–Crippen MR) is 147 cm³/mol. The largest absolute Gasteiger partial charge is 0.434 e. The minimum atomic E-state index is -4.51. The Hall–Kier alpha value is -2.76. The van der Waals surface area contributed by atoms with Crippen LogP contribution in [0.3, 0.4) is 0 Å². The SMILES string of the molecule is CCn1nc(C(=O)NC[C@@]2(O)CCC(S(C)(=O)=O)C[C@@H]2O)c(Cl)c1-c1cnc(NC(C)(C)CC(F)(F)F)cc1OC(F)F. The molecule has 1 saturated carbocycles. The average Bonchev–Trinajstić information content (AvgIpc) is 3.18. The van der Waals surface area contributed by atoms with Crippen LogP contribution in [0.5, 0.6) is 5.75 Å². The van der Waals surface area contributed by atoms with E-state index in [-0.39, 0.29) is 53.6 Å². The van der Waals surface area contributed by atoms with Crippen molar-refractivity contribution >= 4 is 33.2 Å². The van der Waals surface area contributed by atoms with Crippen molar-refractivity contribution in [1.82, 2.24) is 20.1 Å². The molecule has 1 unspecified atom stereocenters. The van der Waals surface area contributed by atoms with Crippen LogP contribution in [0.25, 0.3) is 11.3 Å². The van der Waals surface area contributed by atoms with E-state index < -0.39 is 69.7 Å². The van der Waals surface area contributed by atoms with Gasteiger partial charge in [0.25, 0.3) is 5.91 Å². The van der Waals surface area contributed by atoms with Crippen LogP contribution in [-0.2, 0) is 16.4 Å². The van der Waals surface area contributed by atoms with Crippen LogP contribution < -0.4 is 15.4 Å². The normalized spacial score (nSPS) is 21.6. The third-order valence-electron chi connectivity index (χ3n) is 7.02. The molecule has 0 aromatic carbocycles. The average molecular weight is 662 g/mol. The van der Waals surface area contributed by atoms with Crippen molar-refractivity contribution in [3.63, 3.8) is 0 Å². The Kier molecular flexibility index (Phi) is 10.2. The van der Waals surface area contributed by atoms with E-state index in [4.69, 9.17) is 11.6 Å². The number of sulfone groups is 1. The summed E-state index contributed by atoms with van der Waals surface area (Å²) in [6.07, 6.45) is -5.41. The zero-order valence-corrected chi connectivity index (χ0v) is 25.2. The van der Waals surface area contributed by atoms with Crippen molar-refractivity contribution < 1.29 is 50.1 Å². The molecule has 3 rings (SSSR count). The molecule has 2 aromatic heterocycles. The van der Waals surface area contributed by atoms with E-state index in [0.29, 0.717) is 0 Å². The smallest absolute Gasteiger partial charge is 0.391 e. The van der Waals surface area contributed by atoms with Gasteiger partial charge in [-0.2, -0.15) is 27.1 Å². The highest BCUT2D eigenvalue weighted by Crippen LogP contribution is 2.39. The van der Waals surface area contributed by atoms with Crippen LogP contribution >= 0.6 is 11.6 Å². The quantitative estimate of drug-likeness (QED) is 0.263. The molecule has 1 aliphatic rings. The molecular weight excluding hydrogens is 629 g/mol. The number of hydrogen-bond acceptors (Lipinski definition) is 9. The molecule has 1 fully saturated rings. The first-order valence-electron chi connectivity index (χ1n) is 13.1. The minimum Gasteiger partial charge on any atom is -0.434 e. The van der Waals surface area contributed by atoms with Gasteiger partial charge >= 0.3 is 12.8 Å². The molecule has 0 aliphatic heterocycles. The van der Waals surface area contributed by atoms with Crippen molar-refractivity contribution in [2.24, 2.45) is 0 Å². The van der Waals surface area contributed by atoms with Gasteiger partial charge in [-0.3, -0.25) is 9.48 Å². The third-order valence-corrected chi connectivity index (χ3v) is 9.02. The maximum absolute atomic E-state index is 13.4. The predicted octanol–water partition coefficient (Wildman–Crippen LogP) is 3.78. The van der Waals surface area contributed by atoms with Crippen LogP contribution in [0.2, 0.25) is 5.02 Å². The number of hydrogen-bond donors (Lipinski definition) is 4. The zero-order chi connectivity index (χ0) is 32.5. The summed E-state index contributed by atoms with van der Waals surface area (Å²) in [4.78, 5) is 17.1. The lowest BCUT2D eigenvalue weighted by Gasteiger charge is -2.39. The van der Waals surface area contributed by atoms with Gasteiger partial charge < -0.3 is 25.6 Å². The Morgan fingerprint density at radius 2 is 1.98 bits per heavy atom. The molecule has 0 radical (unpaired) electrons. The van der Waals surface area contributed by atoms with Crippen LogP contribution in [0.4, 0.5) is 27.8 Å². The number of alkyl halides is 5. The van der Waals surface area contributed by atoms with Crippen molar-refractivity contribution in [2.75, 3.05) is 18.1 Å². The van der Waals surface area contributed by atoms with E-state index in [1.165, 1.54) is 18.5 Å². The van der Waals surface area contributed by atoms with Gasteiger partial charge in [0, 0.05) is 37.1 Å². The number of anilines is 1. The number of amides is 1. The Labute approximate surface area is 249 Å². The number of rotatable bonds is 11. The molecule has 0 spiro atoms. The maximum atomic E-state index is 13.4. The molecular formula is C25H33ClF5N5O6S. The number of nitrogens with one attached hydrogen (secondary N) is 2. The van der Waals surface area contributed by atoms with Crippen LogP contribution in [0.15, 0.2) is 12.3 Å². The van der Waals surface area contributed by atoms with Gasteiger partial charge in [0.15, 0.2) is 5.69 Å². The van der Waals surface area contributed by atoms with E-state index in [0.717, 1.165) is 18.5 Å². The molecule has 3 atom stereocenters. The maximum Gasteiger partial charge on any atom is 0.391 e. The Bertz CT molecular complexity index is 1440.